The van der Waals surface area contributed by atoms with E-state index in [4.69, 9.17) is 0 Å². The Morgan fingerprint density at radius 3 is 0.667 bits per heavy atom. The maximum absolute atomic E-state index is 3.36. The predicted molar refractivity (Wildman–Crippen MR) is 74.1 cm³/mol. The maximum Gasteiger partial charge on any atom is -0.0473 e. The summed E-state index contributed by atoms with van der Waals surface area (Å²) in [5, 5.41) is 0. The van der Waals surface area contributed by atoms with Crippen molar-refractivity contribution in [3.8, 4) is 0 Å². The summed E-state index contributed by atoms with van der Waals surface area (Å²) in [4.78, 5) is 0. The van der Waals surface area contributed by atoms with Crippen molar-refractivity contribution in [3.05, 3.63) is 74.4 Å². The Hall–Kier alpha value is -1.56. The molecule has 0 bridgehead atoms. The van der Waals surface area contributed by atoms with Crippen LogP contribution in [0.3, 0.4) is 0 Å². The molecule has 0 aliphatic heterocycles. The molecule has 0 N–H and O–H groups in total. The Bertz CT molecular complexity index is 156. The molecular weight excluding hydrogens is 180 g/mol. The van der Waals surface area contributed by atoms with Crippen molar-refractivity contribution in [1.29, 1.82) is 0 Å². The monoisotopic (exact) mass is 204 g/mol. The summed E-state index contributed by atoms with van der Waals surface area (Å²) in [5.41, 5.74) is 0. The lowest BCUT2D eigenvalue weighted by molar-refractivity contribution is 1.72. The molecule has 0 radical (unpaired) electrons. The molecule has 0 spiro atoms. The number of hydrogen-bond donors (Lipinski definition) is 0. The fraction of sp³-hybridized carbons (Fsp3) is 0.200. The average molecular weight is 204 g/mol. The van der Waals surface area contributed by atoms with Gasteiger partial charge in [0, 0.05) is 0 Å². The molecule has 0 aliphatic carbocycles. The second-order valence-corrected chi connectivity index (χ2v) is 2.38. The minimum atomic E-state index is 1.75. The first kappa shape index (κ1) is 19.1. The van der Waals surface area contributed by atoms with Crippen LogP contribution in [0.15, 0.2) is 74.4 Å². The van der Waals surface area contributed by atoms with E-state index in [1.165, 1.54) is 0 Å². The van der Waals surface area contributed by atoms with Gasteiger partial charge in [0.25, 0.3) is 0 Å². The van der Waals surface area contributed by atoms with Crippen molar-refractivity contribution in [2.75, 3.05) is 0 Å². The molecule has 0 heteroatoms. The zero-order valence-electron chi connectivity index (χ0n) is 10.3. The Labute approximate surface area is 95.7 Å². The molecule has 84 valence electrons. The van der Waals surface area contributed by atoms with E-state index in [2.05, 4.69) is 19.7 Å². The first-order valence-electron chi connectivity index (χ1n) is 4.96. The van der Waals surface area contributed by atoms with Crippen molar-refractivity contribution >= 4 is 0 Å². The molecule has 0 saturated heterocycles. The highest BCUT2D eigenvalue weighted by molar-refractivity contribution is 4.99. The first-order valence-corrected chi connectivity index (χ1v) is 4.96. The molecule has 0 fully saturated rings. The van der Waals surface area contributed by atoms with Crippen LogP contribution in [0.25, 0.3) is 0 Å². The van der Waals surface area contributed by atoms with Gasteiger partial charge in [0.2, 0.25) is 0 Å². The molecule has 0 saturated carbocycles. The molecule has 0 amide bonds. The van der Waals surface area contributed by atoms with Crippen LogP contribution in [-0.4, -0.2) is 0 Å². The molecular formula is C15H24. The summed E-state index contributed by atoms with van der Waals surface area (Å²) in [7, 11) is 0. The second kappa shape index (κ2) is 29.4. The lowest BCUT2D eigenvalue weighted by atomic mass is 10.4. The van der Waals surface area contributed by atoms with Gasteiger partial charge in [0.05, 0.1) is 0 Å². The van der Waals surface area contributed by atoms with Crippen LogP contribution in [0.4, 0.5) is 0 Å². The lowest BCUT2D eigenvalue weighted by Gasteiger charge is -1.69. The van der Waals surface area contributed by atoms with Gasteiger partial charge < -0.3 is 0 Å². The fourth-order valence-electron chi connectivity index (χ4n) is 0.385. The standard InChI is InChI=1S/C6H6.3C3H6/c1-2-4-6-5-3-1;3*1-3-2/h1-6H;3*3H,1H2,2H3. The smallest absolute Gasteiger partial charge is 0.0473 e. The SMILES string of the molecule is C=CC.C=CC.C=CC.c1ccccc1. The van der Waals surface area contributed by atoms with E-state index in [-0.39, 0.29) is 0 Å². The molecule has 1 aromatic rings. The van der Waals surface area contributed by atoms with Crippen molar-refractivity contribution in [1.82, 2.24) is 0 Å². The molecule has 1 rings (SSSR count). The number of allylic oxidation sites excluding steroid dienone is 3. The van der Waals surface area contributed by atoms with Crippen LogP contribution in [0.5, 0.6) is 0 Å². The summed E-state index contributed by atoms with van der Waals surface area (Å²) in [6, 6.07) is 12.0. The van der Waals surface area contributed by atoms with E-state index >= 15 is 0 Å². The molecule has 15 heavy (non-hydrogen) atoms. The molecule has 0 atom stereocenters. The van der Waals surface area contributed by atoms with Gasteiger partial charge in [-0.25, -0.2) is 0 Å². The van der Waals surface area contributed by atoms with Crippen molar-refractivity contribution in [2.24, 2.45) is 0 Å². The van der Waals surface area contributed by atoms with Gasteiger partial charge in [0.1, 0.15) is 0 Å². The maximum atomic E-state index is 3.36. The van der Waals surface area contributed by atoms with Gasteiger partial charge >= 0.3 is 0 Å². The molecule has 0 aromatic heterocycles. The Balaban J connectivity index is -0.000000140. The van der Waals surface area contributed by atoms with Gasteiger partial charge in [-0.2, -0.15) is 0 Å². The Morgan fingerprint density at radius 2 is 0.600 bits per heavy atom. The van der Waals surface area contributed by atoms with Crippen LogP contribution in [-0.2, 0) is 0 Å². The van der Waals surface area contributed by atoms with E-state index in [0.29, 0.717) is 0 Å². The minimum absolute atomic E-state index is 1.75. The third-order valence-electron chi connectivity index (χ3n) is 0.667. The predicted octanol–water partition coefficient (Wildman–Crippen LogP) is 5.26. The average Bonchev–Trinajstić information content (AvgIpc) is 2.24. The summed E-state index contributed by atoms with van der Waals surface area (Å²) < 4.78 is 0. The zero-order chi connectivity index (χ0) is 12.4. The van der Waals surface area contributed by atoms with Crippen LogP contribution in [0.2, 0.25) is 0 Å². The van der Waals surface area contributed by atoms with E-state index in [0.717, 1.165) is 0 Å². The summed E-state index contributed by atoms with van der Waals surface area (Å²) in [5.74, 6) is 0. The van der Waals surface area contributed by atoms with Gasteiger partial charge in [-0.3, -0.25) is 0 Å². The fourth-order valence-corrected chi connectivity index (χ4v) is 0.385. The third-order valence-corrected chi connectivity index (χ3v) is 0.667. The second-order valence-electron chi connectivity index (χ2n) is 2.38. The lowest BCUT2D eigenvalue weighted by Crippen LogP contribution is -1.47. The van der Waals surface area contributed by atoms with Crippen LogP contribution in [0.1, 0.15) is 20.8 Å². The van der Waals surface area contributed by atoms with Gasteiger partial charge in [-0.15, -0.1) is 19.7 Å². The van der Waals surface area contributed by atoms with Crippen molar-refractivity contribution < 1.29 is 0 Å². The molecule has 0 nitrogen and oxygen atoms in total. The molecule has 1 aromatic carbocycles. The van der Waals surface area contributed by atoms with Crippen LogP contribution in [0, 0.1) is 0 Å². The molecule has 0 heterocycles. The van der Waals surface area contributed by atoms with E-state index < -0.39 is 0 Å². The summed E-state index contributed by atoms with van der Waals surface area (Å²) in [6.07, 6.45) is 5.25. The largest absolute Gasteiger partial charge is 0.103 e. The highest BCUT2D eigenvalue weighted by atomic mass is 13.6. The van der Waals surface area contributed by atoms with Crippen molar-refractivity contribution in [2.45, 2.75) is 20.8 Å². The third kappa shape index (κ3) is 68.8. The number of hydrogen-bond acceptors (Lipinski definition) is 0. The van der Waals surface area contributed by atoms with Crippen LogP contribution >= 0.6 is 0 Å². The van der Waals surface area contributed by atoms with Crippen molar-refractivity contribution in [3.63, 3.8) is 0 Å². The van der Waals surface area contributed by atoms with E-state index in [1.807, 2.05) is 57.2 Å². The highest BCUT2D eigenvalue weighted by Gasteiger charge is 1.57. The topological polar surface area (TPSA) is 0 Å². The quantitative estimate of drug-likeness (QED) is 0.505. The highest BCUT2D eigenvalue weighted by Crippen LogP contribution is 1.79. The zero-order valence-corrected chi connectivity index (χ0v) is 10.3. The van der Waals surface area contributed by atoms with Gasteiger partial charge in [0.15, 0.2) is 0 Å². The van der Waals surface area contributed by atoms with Crippen LogP contribution < -0.4 is 0 Å². The Kier molecular flexibility index (Phi) is 37.4. The summed E-state index contributed by atoms with van der Waals surface area (Å²) in [6.45, 7) is 15.8. The van der Waals surface area contributed by atoms with Gasteiger partial charge in [-0.05, 0) is 20.8 Å². The summed E-state index contributed by atoms with van der Waals surface area (Å²) >= 11 is 0. The number of benzene rings is 1. The normalized spacial score (nSPS) is 5.80. The van der Waals surface area contributed by atoms with Gasteiger partial charge in [-0.1, -0.05) is 54.6 Å². The van der Waals surface area contributed by atoms with E-state index in [1.54, 1.807) is 18.2 Å². The molecule has 0 unspecified atom stereocenters. The first-order chi connectivity index (χ1) is 7.24. The number of rotatable bonds is 0. The van der Waals surface area contributed by atoms with E-state index in [9.17, 15) is 0 Å². The molecule has 0 aliphatic rings. The Morgan fingerprint density at radius 1 is 0.533 bits per heavy atom. The minimum Gasteiger partial charge on any atom is -0.103 e.